The number of rotatable bonds is 3. The van der Waals surface area contributed by atoms with E-state index in [-0.39, 0.29) is 5.91 Å². The van der Waals surface area contributed by atoms with Crippen LogP contribution >= 0.6 is 12.2 Å². The van der Waals surface area contributed by atoms with E-state index in [2.05, 4.69) is 15.6 Å². The number of aryl methyl sites for hydroxylation is 1. The monoisotopic (exact) mass is 285 g/mol. The molecule has 0 spiro atoms. The van der Waals surface area contributed by atoms with Crippen molar-refractivity contribution in [3.05, 3.63) is 65.5 Å². The predicted molar refractivity (Wildman–Crippen MR) is 82.3 cm³/mol. The molecule has 0 radical (unpaired) electrons. The van der Waals surface area contributed by atoms with Gasteiger partial charge in [0.2, 0.25) is 0 Å². The molecule has 2 N–H and O–H groups in total. The normalized spacial score (nSPS) is 9.85. The molecule has 0 saturated carbocycles. The Morgan fingerprint density at radius 3 is 2.75 bits per heavy atom. The molecule has 0 aliphatic carbocycles. The molecule has 0 atom stereocenters. The van der Waals surface area contributed by atoms with Crippen LogP contribution in [0.25, 0.3) is 0 Å². The van der Waals surface area contributed by atoms with Gasteiger partial charge in [0.1, 0.15) is 0 Å². The third-order valence-corrected chi connectivity index (χ3v) is 3.04. The van der Waals surface area contributed by atoms with Crippen molar-refractivity contribution >= 4 is 23.2 Å². The molecule has 1 amide bonds. The van der Waals surface area contributed by atoms with E-state index in [0.29, 0.717) is 17.2 Å². The van der Waals surface area contributed by atoms with Crippen molar-refractivity contribution in [3.63, 3.8) is 0 Å². The van der Waals surface area contributed by atoms with Crippen LogP contribution in [0.3, 0.4) is 0 Å². The average Bonchev–Trinajstić information content (AvgIpc) is 2.46. The minimum Gasteiger partial charge on any atom is -0.358 e. The zero-order valence-corrected chi connectivity index (χ0v) is 11.9. The molecule has 0 aliphatic rings. The molecule has 2 rings (SSSR count). The molecule has 5 heteroatoms. The van der Waals surface area contributed by atoms with Crippen LogP contribution in [0.1, 0.15) is 21.5 Å². The Balaban J connectivity index is 1.89. The van der Waals surface area contributed by atoms with Crippen LogP contribution < -0.4 is 10.6 Å². The summed E-state index contributed by atoms with van der Waals surface area (Å²) in [5.74, 6) is -0.202. The summed E-state index contributed by atoms with van der Waals surface area (Å²) in [6.07, 6.45) is 3.46. The van der Waals surface area contributed by atoms with E-state index in [0.717, 1.165) is 11.1 Å². The van der Waals surface area contributed by atoms with Crippen molar-refractivity contribution in [3.8, 4) is 0 Å². The van der Waals surface area contributed by atoms with E-state index < -0.39 is 0 Å². The lowest BCUT2D eigenvalue weighted by atomic mass is 10.1. The van der Waals surface area contributed by atoms with Crippen molar-refractivity contribution in [1.82, 2.24) is 15.6 Å². The van der Waals surface area contributed by atoms with Crippen molar-refractivity contribution in [2.75, 3.05) is 0 Å². The Kier molecular flexibility index (Phi) is 4.79. The highest BCUT2D eigenvalue weighted by Crippen LogP contribution is 2.06. The highest BCUT2D eigenvalue weighted by molar-refractivity contribution is 7.80. The minimum absolute atomic E-state index is 0.202. The maximum atomic E-state index is 12.0. The first-order valence-corrected chi connectivity index (χ1v) is 6.61. The number of thiocarbonyl (C=S) groups is 1. The van der Waals surface area contributed by atoms with E-state index in [1.54, 1.807) is 18.5 Å². The van der Waals surface area contributed by atoms with Gasteiger partial charge >= 0.3 is 0 Å². The molecule has 0 aliphatic heterocycles. The maximum Gasteiger partial charge on any atom is 0.257 e. The van der Waals surface area contributed by atoms with Gasteiger partial charge in [0.25, 0.3) is 5.91 Å². The first kappa shape index (κ1) is 14.1. The van der Waals surface area contributed by atoms with Gasteiger partial charge in [-0.1, -0.05) is 24.3 Å². The van der Waals surface area contributed by atoms with Crippen LogP contribution in [0.4, 0.5) is 0 Å². The molecule has 20 heavy (non-hydrogen) atoms. The van der Waals surface area contributed by atoms with Gasteiger partial charge in [0.05, 0.1) is 0 Å². The summed E-state index contributed by atoms with van der Waals surface area (Å²) in [5, 5.41) is 5.95. The Bertz CT molecular complexity index is 614. The summed E-state index contributed by atoms with van der Waals surface area (Å²) in [7, 11) is 0. The van der Waals surface area contributed by atoms with Gasteiger partial charge in [-0.2, -0.15) is 0 Å². The molecule has 1 heterocycles. The summed E-state index contributed by atoms with van der Waals surface area (Å²) < 4.78 is 0. The van der Waals surface area contributed by atoms with Crippen molar-refractivity contribution in [2.24, 2.45) is 0 Å². The summed E-state index contributed by atoms with van der Waals surface area (Å²) in [5.41, 5.74) is 2.54. The summed E-state index contributed by atoms with van der Waals surface area (Å²) >= 11 is 5.11. The Hall–Kier alpha value is -2.27. The fourth-order valence-corrected chi connectivity index (χ4v) is 1.89. The molecular formula is C15H15N3OS. The number of nitrogens with one attached hydrogen (secondary N) is 2. The summed E-state index contributed by atoms with van der Waals surface area (Å²) in [4.78, 5) is 16.0. The zero-order chi connectivity index (χ0) is 14.4. The molecule has 0 fully saturated rings. The summed E-state index contributed by atoms with van der Waals surface area (Å²) in [6, 6.07) is 11.2. The molecule has 0 unspecified atom stereocenters. The largest absolute Gasteiger partial charge is 0.358 e. The molecule has 4 nitrogen and oxygen atoms in total. The standard InChI is InChI=1S/C15H15N3OS/c1-11-5-2-3-7-13(11)14(19)18-15(20)17-10-12-6-4-8-16-9-12/h2-9H,10H2,1H3,(H2,17,18,19,20). The Labute approximate surface area is 123 Å². The fraction of sp³-hybridized carbons (Fsp3) is 0.133. The number of pyridine rings is 1. The third kappa shape index (κ3) is 3.86. The van der Waals surface area contributed by atoms with Crippen LogP contribution in [0, 0.1) is 6.92 Å². The van der Waals surface area contributed by atoms with Crippen molar-refractivity contribution < 1.29 is 4.79 Å². The van der Waals surface area contributed by atoms with Crippen LogP contribution in [-0.4, -0.2) is 16.0 Å². The van der Waals surface area contributed by atoms with Crippen LogP contribution in [0.15, 0.2) is 48.8 Å². The molecule has 2 aromatic rings. The van der Waals surface area contributed by atoms with E-state index in [1.165, 1.54) is 0 Å². The number of carbonyl (C=O) groups is 1. The predicted octanol–water partition coefficient (Wildman–Crippen LogP) is 2.19. The number of amides is 1. The molecule has 0 saturated heterocycles. The quantitative estimate of drug-likeness (QED) is 0.849. The number of hydrogen-bond acceptors (Lipinski definition) is 3. The highest BCUT2D eigenvalue weighted by atomic mass is 32.1. The van der Waals surface area contributed by atoms with E-state index in [9.17, 15) is 4.79 Å². The molecule has 102 valence electrons. The second kappa shape index (κ2) is 6.77. The van der Waals surface area contributed by atoms with Crippen molar-refractivity contribution in [2.45, 2.75) is 13.5 Å². The van der Waals surface area contributed by atoms with Crippen molar-refractivity contribution in [1.29, 1.82) is 0 Å². The lowest BCUT2D eigenvalue weighted by Crippen LogP contribution is -2.39. The first-order chi connectivity index (χ1) is 9.66. The van der Waals surface area contributed by atoms with Gasteiger partial charge in [-0.25, -0.2) is 0 Å². The van der Waals surface area contributed by atoms with E-state index in [4.69, 9.17) is 12.2 Å². The smallest absolute Gasteiger partial charge is 0.257 e. The van der Waals surface area contributed by atoms with Gasteiger partial charge in [-0.05, 0) is 42.4 Å². The summed E-state index contributed by atoms with van der Waals surface area (Å²) in [6.45, 7) is 2.42. The van der Waals surface area contributed by atoms with Crippen LogP contribution in [0.5, 0.6) is 0 Å². The first-order valence-electron chi connectivity index (χ1n) is 6.20. The van der Waals surface area contributed by atoms with Gasteiger partial charge in [0.15, 0.2) is 5.11 Å². The van der Waals surface area contributed by atoms with Crippen LogP contribution in [0.2, 0.25) is 0 Å². The zero-order valence-electron chi connectivity index (χ0n) is 11.1. The maximum absolute atomic E-state index is 12.0. The lowest BCUT2D eigenvalue weighted by Gasteiger charge is -2.10. The average molecular weight is 285 g/mol. The molecule has 1 aromatic heterocycles. The highest BCUT2D eigenvalue weighted by Gasteiger charge is 2.09. The van der Waals surface area contributed by atoms with E-state index in [1.807, 2.05) is 37.3 Å². The van der Waals surface area contributed by atoms with Gasteiger partial charge in [-0.3, -0.25) is 15.1 Å². The lowest BCUT2D eigenvalue weighted by molar-refractivity contribution is 0.0976. The number of aromatic nitrogens is 1. The van der Waals surface area contributed by atoms with Gasteiger partial charge < -0.3 is 5.32 Å². The van der Waals surface area contributed by atoms with E-state index >= 15 is 0 Å². The number of carbonyl (C=O) groups excluding carboxylic acids is 1. The molecular weight excluding hydrogens is 270 g/mol. The van der Waals surface area contributed by atoms with Gasteiger partial charge in [0, 0.05) is 24.5 Å². The second-order valence-electron chi connectivity index (χ2n) is 4.31. The minimum atomic E-state index is -0.202. The number of benzene rings is 1. The SMILES string of the molecule is Cc1ccccc1C(=O)NC(=S)NCc1cccnc1. The molecule has 0 bridgehead atoms. The number of nitrogens with zero attached hydrogens (tertiary/aromatic N) is 1. The second-order valence-corrected chi connectivity index (χ2v) is 4.72. The number of hydrogen-bond donors (Lipinski definition) is 2. The van der Waals surface area contributed by atoms with Crippen LogP contribution in [-0.2, 0) is 6.54 Å². The van der Waals surface area contributed by atoms with Gasteiger partial charge in [-0.15, -0.1) is 0 Å². The third-order valence-electron chi connectivity index (χ3n) is 2.79. The topological polar surface area (TPSA) is 54.0 Å². The molecule has 1 aromatic carbocycles. The fourth-order valence-electron chi connectivity index (χ4n) is 1.73. The Morgan fingerprint density at radius 2 is 2.05 bits per heavy atom. The Morgan fingerprint density at radius 1 is 1.25 bits per heavy atom.